The zero-order valence-electron chi connectivity index (χ0n) is 11.3. The minimum atomic E-state index is 0.0343. The van der Waals surface area contributed by atoms with E-state index in [0.717, 1.165) is 21.3 Å². The summed E-state index contributed by atoms with van der Waals surface area (Å²) >= 11 is 1.23. The molecule has 0 saturated carbocycles. The van der Waals surface area contributed by atoms with E-state index in [9.17, 15) is 4.79 Å². The maximum absolute atomic E-state index is 11.6. The predicted octanol–water partition coefficient (Wildman–Crippen LogP) is 3.04. The minimum absolute atomic E-state index is 0.0343. The molecule has 0 bridgehead atoms. The van der Waals surface area contributed by atoms with Gasteiger partial charge in [0.05, 0.1) is 15.8 Å². The third-order valence-corrected chi connectivity index (χ3v) is 4.24. The van der Waals surface area contributed by atoms with Crippen molar-refractivity contribution in [1.29, 1.82) is 5.26 Å². The first kappa shape index (κ1) is 13.3. The van der Waals surface area contributed by atoms with Crippen LogP contribution in [0.25, 0.3) is 22.4 Å². The molecule has 0 atom stereocenters. The van der Waals surface area contributed by atoms with E-state index in [1.807, 2.05) is 30.4 Å². The molecule has 3 rings (SSSR count). The van der Waals surface area contributed by atoms with Gasteiger partial charge < -0.3 is 4.57 Å². The molecule has 21 heavy (non-hydrogen) atoms. The monoisotopic (exact) mass is 293 g/mol. The summed E-state index contributed by atoms with van der Waals surface area (Å²) in [5.41, 5.74) is 3.29. The van der Waals surface area contributed by atoms with Crippen molar-refractivity contribution in [3.8, 4) is 6.07 Å². The van der Waals surface area contributed by atoms with Gasteiger partial charge in [0, 0.05) is 19.4 Å². The molecule has 102 valence electrons. The van der Waals surface area contributed by atoms with E-state index < -0.39 is 0 Å². The van der Waals surface area contributed by atoms with Crippen molar-refractivity contribution in [2.45, 2.75) is 0 Å². The lowest BCUT2D eigenvalue weighted by Crippen LogP contribution is -2.06. The van der Waals surface area contributed by atoms with Gasteiger partial charge in [-0.3, -0.25) is 9.78 Å². The fourth-order valence-electron chi connectivity index (χ4n) is 2.08. The van der Waals surface area contributed by atoms with E-state index >= 15 is 0 Å². The SMILES string of the molecule is Cn1c(=O)sc2cc(C=Cc3ccncc3C#N)ccc21. The number of aromatic nitrogens is 2. The molecule has 2 heterocycles. The molecule has 5 heteroatoms. The highest BCUT2D eigenvalue weighted by Crippen LogP contribution is 2.20. The van der Waals surface area contributed by atoms with E-state index in [4.69, 9.17) is 5.26 Å². The molecular formula is C16H11N3OS. The number of hydrogen-bond donors (Lipinski definition) is 0. The second-order valence-electron chi connectivity index (χ2n) is 4.56. The van der Waals surface area contributed by atoms with Crippen LogP contribution in [0.1, 0.15) is 16.7 Å². The predicted molar refractivity (Wildman–Crippen MR) is 84.9 cm³/mol. The van der Waals surface area contributed by atoms with Crippen molar-refractivity contribution in [2.75, 3.05) is 0 Å². The van der Waals surface area contributed by atoms with Crippen molar-refractivity contribution in [2.24, 2.45) is 7.05 Å². The summed E-state index contributed by atoms with van der Waals surface area (Å²) in [6.45, 7) is 0. The third kappa shape index (κ3) is 2.49. The zero-order valence-corrected chi connectivity index (χ0v) is 12.1. The fraction of sp³-hybridized carbons (Fsp3) is 0.0625. The summed E-state index contributed by atoms with van der Waals surface area (Å²) in [5, 5.41) is 9.03. The van der Waals surface area contributed by atoms with Crippen LogP contribution < -0.4 is 4.87 Å². The number of aryl methyl sites for hydroxylation is 1. The van der Waals surface area contributed by atoms with E-state index in [1.54, 1.807) is 30.1 Å². The number of thiazole rings is 1. The van der Waals surface area contributed by atoms with Gasteiger partial charge in [0.2, 0.25) is 0 Å². The molecule has 2 aromatic heterocycles. The molecule has 0 amide bonds. The summed E-state index contributed by atoms with van der Waals surface area (Å²) in [7, 11) is 1.77. The van der Waals surface area contributed by atoms with Crippen LogP contribution in [0.3, 0.4) is 0 Å². The average Bonchev–Trinajstić information content (AvgIpc) is 2.80. The molecule has 0 aliphatic rings. The molecule has 0 fully saturated rings. The van der Waals surface area contributed by atoms with E-state index in [2.05, 4.69) is 11.1 Å². The Bertz CT molecular complexity index is 944. The Kier molecular flexibility index (Phi) is 3.38. The van der Waals surface area contributed by atoms with Crippen LogP contribution >= 0.6 is 11.3 Å². The second-order valence-corrected chi connectivity index (χ2v) is 5.56. The summed E-state index contributed by atoms with van der Waals surface area (Å²) in [6.07, 6.45) is 7.02. The van der Waals surface area contributed by atoms with Gasteiger partial charge in [-0.2, -0.15) is 5.26 Å². The Hall–Kier alpha value is -2.71. The van der Waals surface area contributed by atoms with Crippen LogP contribution in [0.15, 0.2) is 41.5 Å². The minimum Gasteiger partial charge on any atom is -0.302 e. The number of pyridine rings is 1. The highest BCUT2D eigenvalue weighted by Gasteiger charge is 2.03. The Morgan fingerprint density at radius 2 is 2.19 bits per heavy atom. The molecule has 0 radical (unpaired) electrons. The first-order valence-corrected chi connectivity index (χ1v) is 7.12. The molecule has 4 nitrogen and oxygen atoms in total. The van der Waals surface area contributed by atoms with Crippen molar-refractivity contribution in [3.63, 3.8) is 0 Å². The maximum atomic E-state index is 11.6. The number of hydrogen-bond acceptors (Lipinski definition) is 4. The smallest absolute Gasteiger partial charge is 0.302 e. The van der Waals surface area contributed by atoms with E-state index in [-0.39, 0.29) is 4.87 Å². The molecule has 0 N–H and O–H groups in total. The van der Waals surface area contributed by atoms with Gasteiger partial charge in [0.15, 0.2) is 0 Å². The summed E-state index contributed by atoms with van der Waals surface area (Å²) < 4.78 is 2.60. The van der Waals surface area contributed by atoms with Crippen LogP contribution in [0, 0.1) is 11.3 Å². The van der Waals surface area contributed by atoms with Gasteiger partial charge in [-0.15, -0.1) is 0 Å². The second kappa shape index (κ2) is 5.35. The fourth-order valence-corrected chi connectivity index (χ4v) is 3.01. The van der Waals surface area contributed by atoms with Gasteiger partial charge in [-0.1, -0.05) is 29.6 Å². The molecule has 0 unspecified atom stereocenters. The van der Waals surface area contributed by atoms with E-state index in [0.29, 0.717) is 5.56 Å². The average molecular weight is 293 g/mol. The Morgan fingerprint density at radius 1 is 1.33 bits per heavy atom. The third-order valence-electron chi connectivity index (χ3n) is 3.25. The first-order valence-electron chi connectivity index (χ1n) is 6.31. The molecule has 1 aromatic carbocycles. The topological polar surface area (TPSA) is 58.7 Å². The van der Waals surface area contributed by atoms with Crippen LogP contribution in [-0.4, -0.2) is 9.55 Å². The summed E-state index contributed by atoms with van der Waals surface area (Å²) in [6, 6.07) is 9.79. The van der Waals surface area contributed by atoms with Crippen molar-refractivity contribution < 1.29 is 0 Å². The number of fused-ring (bicyclic) bond motifs is 1. The molecule has 3 aromatic rings. The highest BCUT2D eigenvalue weighted by molar-refractivity contribution is 7.16. The summed E-state index contributed by atoms with van der Waals surface area (Å²) in [5.74, 6) is 0. The van der Waals surface area contributed by atoms with Gasteiger partial charge in [-0.25, -0.2) is 0 Å². The number of nitriles is 1. The van der Waals surface area contributed by atoms with Crippen LogP contribution in [0.5, 0.6) is 0 Å². The molecule has 0 saturated heterocycles. The van der Waals surface area contributed by atoms with Crippen molar-refractivity contribution >= 4 is 33.7 Å². The van der Waals surface area contributed by atoms with Crippen molar-refractivity contribution in [3.05, 3.63) is 63.0 Å². The Balaban J connectivity index is 2.00. The normalized spacial score (nSPS) is 11.0. The maximum Gasteiger partial charge on any atom is 0.307 e. The van der Waals surface area contributed by atoms with Gasteiger partial charge in [0.25, 0.3) is 0 Å². The molecule has 0 aliphatic carbocycles. The lowest BCUT2D eigenvalue weighted by atomic mass is 10.1. The molecule has 0 aliphatic heterocycles. The quantitative estimate of drug-likeness (QED) is 0.729. The van der Waals surface area contributed by atoms with E-state index in [1.165, 1.54) is 11.3 Å². The lowest BCUT2D eigenvalue weighted by molar-refractivity contribution is 0.939. The Morgan fingerprint density at radius 3 is 3.00 bits per heavy atom. The van der Waals surface area contributed by atoms with Gasteiger partial charge >= 0.3 is 4.87 Å². The van der Waals surface area contributed by atoms with Gasteiger partial charge in [-0.05, 0) is 29.3 Å². The number of benzene rings is 1. The van der Waals surface area contributed by atoms with Crippen LogP contribution in [-0.2, 0) is 7.05 Å². The first-order chi connectivity index (χ1) is 10.2. The van der Waals surface area contributed by atoms with Crippen molar-refractivity contribution in [1.82, 2.24) is 9.55 Å². The molecular weight excluding hydrogens is 282 g/mol. The standard InChI is InChI=1S/C16H11N3OS/c1-19-14-5-3-11(8-15(14)21-16(19)20)2-4-12-6-7-18-10-13(12)9-17/h2-8,10H,1H3. The largest absolute Gasteiger partial charge is 0.307 e. The van der Waals surface area contributed by atoms with Crippen LogP contribution in [0.2, 0.25) is 0 Å². The lowest BCUT2D eigenvalue weighted by Gasteiger charge is -1.98. The van der Waals surface area contributed by atoms with Crippen LogP contribution in [0.4, 0.5) is 0 Å². The van der Waals surface area contributed by atoms with Gasteiger partial charge in [0.1, 0.15) is 6.07 Å². The molecule has 0 spiro atoms. The zero-order chi connectivity index (χ0) is 14.8. The highest BCUT2D eigenvalue weighted by atomic mass is 32.1. The Labute approximate surface area is 125 Å². The number of nitrogens with zero attached hydrogens (tertiary/aromatic N) is 3. The number of rotatable bonds is 2. The summed E-state index contributed by atoms with van der Waals surface area (Å²) in [4.78, 5) is 15.6.